The van der Waals surface area contributed by atoms with Gasteiger partial charge in [-0.15, -0.1) is 0 Å². The molecule has 1 heterocycles. The maximum atomic E-state index is 12.7. The molecule has 0 saturated heterocycles. The van der Waals surface area contributed by atoms with E-state index in [0.717, 1.165) is 0 Å². The summed E-state index contributed by atoms with van der Waals surface area (Å²) < 4.78 is 10.7. The molecule has 0 atom stereocenters. The number of carbonyl (C=O) groups is 2. The highest BCUT2D eigenvalue weighted by Gasteiger charge is 2.21. The van der Waals surface area contributed by atoms with E-state index >= 15 is 0 Å². The molecule has 0 unspecified atom stereocenters. The second kappa shape index (κ2) is 7.92. The summed E-state index contributed by atoms with van der Waals surface area (Å²) in [6.45, 7) is 1.39. The highest BCUT2D eigenvalue weighted by Crippen LogP contribution is 2.33. The largest absolute Gasteiger partial charge is 0.496 e. The van der Waals surface area contributed by atoms with Crippen molar-refractivity contribution in [3.05, 3.63) is 59.6 Å². The molecule has 3 aromatic rings. The minimum Gasteiger partial charge on any atom is -0.496 e. The Balaban J connectivity index is 1.91. The molecule has 8 heteroatoms. The third-order valence-electron chi connectivity index (χ3n) is 3.67. The fourth-order valence-corrected chi connectivity index (χ4v) is 2.68. The van der Waals surface area contributed by atoms with E-state index in [4.69, 9.17) is 20.8 Å². The molecular weight excluding hydrogens is 370 g/mol. The van der Waals surface area contributed by atoms with Gasteiger partial charge in [0.05, 0.1) is 23.4 Å². The monoisotopic (exact) mass is 385 g/mol. The van der Waals surface area contributed by atoms with Crippen LogP contribution in [0.3, 0.4) is 0 Å². The summed E-state index contributed by atoms with van der Waals surface area (Å²) in [6, 6.07) is 11.9. The number of para-hydroxylation sites is 1. The molecular formula is C19H16ClN3O4. The number of rotatable bonds is 5. The van der Waals surface area contributed by atoms with E-state index in [2.05, 4.69) is 15.6 Å². The van der Waals surface area contributed by atoms with Crippen molar-refractivity contribution in [1.82, 2.24) is 4.98 Å². The maximum absolute atomic E-state index is 12.7. The molecule has 138 valence electrons. The number of benzene rings is 2. The Morgan fingerprint density at radius 1 is 1.15 bits per heavy atom. The number of aromatic nitrogens is 1. The van der Waals surface area contributed by atoms with Crippen LogP contribution in [-0.4, -0.2) is 23.9 Å². The normalized spacial score (nSPS) is 10.3. The van der Waals surface area contributed by atoms with Crippen LogP contribution in [0.15, 0.2) is 53.3 Å². The lowest BCUT2D eigenvalue weighted by atomic mass is 10.1. The molecule has 0 spiro atoms. The van der Waals surface area contributed by atoms with Gasteiger partial charge in [0, 0.05) is 12.6 Å². The summed E-state index contributed by atoms with van der Waals surface area (Å²) in [6.07, 6.45) is 1.19. The Labute approximate surface area is 160 Å². The fraction of sp³-hybridized carbons (Fsp3) is 0.105. The van der Waals surface area contributed by atoms with Crippen LogP contribution in [0.2, 0.25) is 5.02 Å². The summed E-state index contributed by atoms with van der Waals surface area (Å²) >= 11 is 6.15. The molecule has 2 amide bonds. The molecule has 0 aliphatic heterocycles. The number of carbonyl (C=O) groups excluding carboxylic acids is 2. The third kappa shape index (κ3) is 4.09. The van der Waals surface area contributed by atoms with Gasteiger partial charge >= 0.3 is 0 Å². The van der Waals surface area contributed by atoms with Gasteiger partial charge in [0.25, 0.3) is 5.91 Å². The van der Waals surface area contributed by atoms with Gasteiger partial charge in [-0.2, -0.15) is 0 Å². The molecule has 0 saturated carbocycles. The van der Waals surface area contributed by atoms with Gasteiger partial charge in [-0.05, 0) is 30.3 Å². The Kier molecular flexibility index (Phi) is 5.42. The molecule has 7 nitrogen and oxygen atoms in total. The van der Waals surface area contributed by atoms with Crippen molar-refractivity contribution in [2.75, 3.05) is 17.7 Å². The summed E-state index contributed by atoms with van der Waals surface area (Å²) in [4.78, 5) is 28.0. The predicted octanol–water partition coefficient (Wildman–Crippen LogP) is 4.21. The van der Waals surface area contributed by atoms with E-state index in [1.54, 1.807) is 36.4 Å². The molecule has 2 N–H and O–H groups in total. The molecule has 1 aromatic heterocycles. The van der Waals surface area contributed by atoms with Crippen LogP contribution in [0, 0.1) is 0 Å². The Hall–Kier alpha value is -3.32. The van der Waals surface area contributed by atoms with Crippen molar-refractivity contribution in [3.63, 3.8) is 0 Å². The molecule has 0 aliphatic rings. The Bertz CT molecular complexity index is 1000. The number of hydrogen-bond donors (Lipinski definition) is 2. The number of methoxy groups -OCH3 is 1. The number of amides is 2. The molecule has 2 aromatic carbocycles. The van der Waals surface area contributed by atoms with Crippen molar-refractivity contribution >= 4 is 34.8 Å². The van der Waals surface area contributed by atoms with Gasteiger partial charge in [-0.3, -0.25) is 9.59 Å². The maximum Gasteiger partial charge on any atom is 0.278 e. The van der Waals surface area contributed by atoms with Crippen LogP contribution < -0.4 is 15.4 Å². The van der Waals surface area contributed by atoms with Crippen LogP contribution in [0.4, 0.5) is 11.4 Å². The quantitative estimate of drug-likeness (QED) is 0.686. The lowest BCUT2D eigenvalue weighted by Crippen LogP contribution is -2.14. The number of oxazole rings is 1. The highest BCUT2D eigenvalue weighted by atomic mass is 35.5. The minimum atomic E-state index is -0.508. The van der Waals surface area contributed by atoms with Crippen molar-refractivity contribution in [2.24, 2.45) is 0 Å². The Morgan fingerprint density at radius 2 is 1.93 bits per heavy atom. The molecule has 0 bridgehead atoms. The first-order valence-corrected chi connectivity index (χ1v) is 8.32. The zero-order valence-electron chi connectivity index (χ0n) is 14.6. The number of halogens is 1. The lowest BCUT2D eigenvalue weighted by Gasteiger charge is -2.10. The van der Waals surface area contributed by atoms with E-state index in [0.29, 0.717) is 27.7 Å². The number of nitrogens with one attached hydrogen (secondary N) is 2. The van der Waals surface area contributed by atoms with Gasteiger partial charge in [0.15, 0.2) is 17.8 Å². The van der Waals surface area contributed by atoms with Crippen molar-refractivity contribution in [1.29, 1.82) is 0 Å². The SMILES string of the molecule is COc1ccccc1-c1ocnc1C(=O)Nc1cc(NC(C)=O)ccc1Cl. The first-order chi connectivity index (χ1) is 13.0. The lowest BCUT2D eigenvalue weighted by molar-refractivity contribution is -0.114. The average molecular weight is 386 g/mol. The number of anilines is 2. The van der Waals surface area contributed by atoms with Gasteiger partial charge in [0.1, 0.15) is 5.75 Å². The predicted molar refractivity (Wildman–Crippen MR) is 102 cm³/mol. The van der Waals surface area contributed by atoms with Gasteiger partial charge in [-0.1, -0.05) is 23.7 Å². The number of hydrogen-bond acceptors (Lipinski definition) is 5. The zero-order valence-corrected chi connectivity index (χ0v) is 15.3. The number of ether oxygens (including phenoxy) is 1. The van der Waals surface area contributed by atoms with Gasteiger partial charge in [-0.25, -0.2) is 4.98 Å². The van der Waals surface area contributed by atoms with Crippen molar-refractivity contribution in [3.8, 4) is 17.1 Å². The molecule has 3 rings (SSSR count). The van der Waals surface area contributed by atoms with E-state index in [1.165, 1.54) is 20.4 Å². The van der Waals surface area contributed by atoms with E-state index in [1.807, 2.05) is 6.07 Å². The summed E-state index contributed by atoms with van der Waals surface area (Å²) in [7, 11) is 1.53. The number of nitrogens with zero attached hydrogens (tertiary/aromatic N) is 1. The second-order valence-corrected chi connectivity index (χ2v) is 5.97. The van der Waals surface area contributed by atoms with Crippen LogP contribution in [-0.2, 0) is 4.79 Å². The van der Waals surface area contributed by atoms with Crippen LogP contribution in [0.5, 0.6) is 5.75 Å². The fourth-order valence-electron chi connectivity index (χ4n) is 2.51. The molecule has 0 radical (unpaired) electrons. The second-order valence-electron chi connectivity index (χ2n) is 5.56. The van der Waals surface area contributed by atoms with Crippen LogP contribution in [0.25, 0.3) is 11.3 Å². The van der Waals surface area contributed by atoms with Gasteiger partial charge < -0.3 is 19.8 Å². The van der Waals surface area contributed by atoms with Crippen LogP contribution >= 0.6 is 11.6 Å². The van der Waals surface area contributed by atoms with E-state index in [9.17, 15) is 9.59 Å². The standard InChI is InChI=1S/C19H16ClN3O4/c1-11(24)22-12-7-8-14(20)15(9-12)23-19(25)17-18(27-10-21-17)13-5-3-4-6-16(13)26-2/h3-10H,1-2H3,(H,22,24)(H,23,25). The van der Waals surface area contributed by atoms with Crippen LogP contribution in [0.1, 0.15) is 17.4 Å². The van der Waals surface area contributed by atoms with Crippen molar-refractivity contribution in [2.45, 2.75) is 6.92 Å². The van der Waals surface area contributed by atoms with E-state index in [-0.39, 0.29) is 17.4 Å². The smallest absolute Gasteiger partial charge is 0.278 e. The highest BCUT2D eigenvalue weighted by molar-refractivity contribution is 6.34. The topological polar surface area (TPSA) is 93.5 Å². The third-order valence-corrected chi connectivity index (χ3v) is 4.00. The average Bonchev–Trinajstić information content (AvgIpc) is 3.13. The summed E-state index contributed by atoms with van der Waals surface area (Å²) in [5, 5.41) is 5.64. The van der Waals surface area contributed by atoms with E-state index < -0.39 is 5.91 Å². The first kappa shape index (κ1) is 18.5. The first-order valence-electron chi connectivity index (χ1n) is 7.95. The molecule has 0 fully saturated rings. The molecule has 27 heavy (non-hydrogen) atoms. The van der Waals surface area contributed by atoms with Gasteiger partial charge in [0.2, 0.25) is 5.91 Å². The minimum absolute atomic E-state index is 0.0838. The Morgan fingerprint density at radius 3 is 2.67 bits per heavy atom. The molecule has 0 aliphatic carbocycles. The summed E-state index contributed by atoms with van der Waals surface area (Å²) in [5.74, 6) is 0.0872. The summed E-state index contributed by atoms with van der Waals surface area (Å²) in [5.41, 5.74) is 1.52. The van der Waals surface area contributed by atoms with Crippen molar-refractivity contribution < 1.29 is 18.7 Å². The zero-order chi connectivity index (χ0) is 19.4.